The summed E-state index contributed by atoms with van der Waals surface area (Å²) in [6, 6.07) is 7.00. The van der Waals surface area contributed by atoms with Crippen molar-refractivity contribution in [3.8, 4) is 0 Å². The van der Waals surface area contributed by atoms with E-state index in [-0.39, 0.29) is 12.5 Å². The van der Waals surface area contributed by atoms with Crippen LogP contribution in [0.15, 0.2) is 48.9 Å². The maximum atomic E-state index is 12.5. The molecule has 3 aromatic heterocycles. The number of pyridine rings is 2. The molecule has 4 nitrogen and oxygen atoms in total. The third-order valence-electron chi connectivity index (χ3n) is 4.00. The van der Waals surface area contributed by atoms with Gasteiger partial charge in [0.05, 0.1) is 18.2 Å². The fourth-order valence-electron chi connectivity index (χ4n) is 2.95. The van der Waals surface area contributed by atoms with Crippen LogP contribution in [0.4, 0.5) is 8.78 Å². The van der Waals surface area contributed by atoms with Crippen LogP contribution in [0.5, 0.6) is 0 Å². The first-order valence-corrected chi connectivity index (χ1v) is 7.30. The van der Waals surface area contributed by atoms with E-state index in [0.717, 1.165) is 22.3 Å². The Bertz CT molecular complexity index is 914. The monoisotopic (exact) mass is 312 g/mol. The topological polar surface area (TPSA) is 56.2 Å². The van der Waals surface area contributed by atoms with E-state index in [1.54, 1.807) is 12.3 Å². The van der Waals surface area contributed by atoms with Gasteiger partial charge in [-0.1, -0.05) is 12.1 Å². The standard InChI is InChI=1S/C17H14F2N4/c18-15(19)7-11-2-3-12-13(8-14(20)17(12)22-11)10-1-4-16-21-5-6-23(16)9-10/h1-6,8-9,14-15H,7,20H2/t14-/m0/s1. The molecule has 0 spiro atoms. The Kier molecular flexibility index (Phi) is 3.20. The lowest BCUT2D eigenvalue weighted by Crippen LogP contribution is -2.09. The zero-order valence-corrected chi connectivity index (χ0v) is 12.2. The van der Waals surface area contributed by atoms with Crippen molar-refractivity contribution in [3.05, 3.63) is 71.4 Å². The molecule has 23 heavy (non-hydrogen) atoms. The zero-order valence-electron chi connectivity index (χ0n) is 12.2. The minimum atomic E-state index is -2.41. The molecule has 2 N–H and O–H groups in total. The molecule has 4 rings (SSSR count). The lowest BCUT2D eigenvalue weighted by atomic mass is 10.0. The third kappa shape index (κ3) is 2.41. The summed E-state index contributed by atoms with van der Waals surface area (Å²) in [5, 5.41) is 0. The van der Waals surface area contributed by atoms with Gasteiger partial charge in [0.1, 0.15) is 5.65 Å². The van der Waals surface area contributed by atoms with Gasteiger partial charge in [0.25, 0.3) is 0 Å². The Morgan fingerprint density at radius 1 is 1.22 bits per heavy atom. The molecule has 0 fully saturated rings. The summed E-state index contributed by atoms with van der Waals surface area (Å²) >= 11 is 0. The molecule has 0 bridgehead atoms. The Morgan fingerprint density at radius 2 is 2.09 bits per heavy atom. The van der Waals surface area contributed by atoms with Crippen LogP contribution in [0.2, 0.25) is 0 Å². The molecule has 1 atom stereocenters. The highest BCUT2D eigenvalue weighted by atomic mass is 19.3. The van der Waals surface area contributed by atoms with Crippen LogP contribution in [0.3, 0.4) is 0 Å². The van der Waals surface area contributed by atoms with Crippen LogP contribution in [-0.4, -0.2) is 20.8 Å². The Balaban J connectivity index is 1.76. The number of hydrogen-bond acceptors (Lipinski definition) is 3. The highest BCUT2D eigenvalue weighted by molar-refractivity contribution is 5.85. The van der Waals surface area contributed by atoms with Gasteiger partial charge in [-0.3, -0.25) is 4.98 Å². The number of nitrogens with two attached hydrogens (primary N) is 1. The van der Waals surface area contributed by atoms with Gasteiger partial charge >= 0.3 is 0 Å². The highest BCUT2D eigenvalue weighted by Crippen LogP contribution is 2.36. The van der Waals surface area contributed by atoms with Crippen molar-refractivity contribution in [1.82, 2.24) is 14.4 Å². The molecule has 1 aliphatic carbocycles. The van der Waals surface area contributed by atoms with Crippen LogP contribution in [0, 0.1) is 0 Å². The molecule has 6 heteroatoms. The van der Waals surface area contributed by atoms with Crippen LogP contribution >= 0.6 is 0 Å². The van der Waals surface area contributed by atoms with Crippen LogP contribution < -0.4 is 5.73 Å². The van der Waals surface area contributed by atoms with Crippen molar-refractivity contribution in [3.63, 3.8) is 0 Å². The number of fused-ring (bicyclic) bond motifs is 2. The molecule has 0 aliphatic heterocycles. The largest absolute Gasteiger partial charge is 0.319 e. The number of imidazole rings is 1. The van der Waals surface area contributed by atoms with Gasteiger partial charge in [0.15, 0.2) is 0 Å². The number of hydrogen-bond donors (Lipinski definition) is 1. The zero-order chi connectivity index (χ0) is 16.0. The van der Waals surface area contributed by atoms with Crippen molar-refractivity contribution >= 4 is 11.2 Å². The Labute approximate surface area is 131 Å². The smallest absolute Gasteiger partial charge is 0.244 e. The highest BCUT2D eigenvalue weighted by Gasteiger charge is 2.24. The van der Waals surface area contributed by atoms with Gasteiger partial charge in [-0.2, -0.15) is 0 Å². The average molecular weight is 312 g/mol. The number of rotatable bonds is 3. The molecule has 116 valence electrons. The molecular weight excluding hydrogens is 298 g/mol. The quantitative estimate of drug-likeness (QED) is 0.809. The molecule has 0 saturated carbocycles. The van der Waals surface area contributed by atoms with Crippen molar-refractivity contribution in [1.29, 1.82) is 0 Å². The van der Waals surface area contributed by atoms with E-state index in [0.29, 0.717) is 11.4 Å². The van der Waals surface area contributed by atoms with Gasteiger partial charge < -0.3 is 10.1 Å². The van der Waals surface area contributed by atoms with E-state index in [1.807, 2.05) is 41.1 Å². The molecule has 3 heterocycles. The summed E-state index contributed by atoms with van der Waals surface area (Å²) < 4.78 is 27.0. The third-order valence-corrected chi connectivity index (χ3v) is 4.00. The maximum Gasteiger partial charge on any atom is 0.244 e. The number of alkyl halides is 2. The molecule has 3 aromatic rings. The van der Waals surface area contributed by atoms with Crippen molar-refractivity contribution in [2.45, 2.75) is 18.9 Å². The fraction of sp³-hybridized carbons (Fsp3) is 0.176. The van der Waals surface area contributed by atoms with E-state index in [2.05, 4.69) is 9.97 Å². The molecular formula is C17H14F2N4. The van der Waals surface area contributed by atoms with Crippen molar-refractivity contribution in [2.75, 3.05) is 0 Å². The van der Waals surface area contributed by atoms with E-state index in [1.165, 1.54) is 0 Å². The van der Waals surface area contributed by atoms with Gasteiger partial charge in [-0.25, -0.2) is 13.8 Å². The minimum Gasteiger partial charge on any atom is -0.319 e. The summed E-state index contributed by atoms with van der Waals surface area (Å²) in [6.07, 6.45) is 4.75. The van der Waals surface area contributed by atoms with Gasteiger partial charge in [0, 0.05) is 29.8 Å². The van der Waals surface area contributed by atoms with E-state index >= 15 is 0 Å². The minimum absolute atomic E-state index is 0.351. The second-order valence-electron chi connectivity index (χ2n) is 5.55. The van der Waals surface area contributed by atoms with Gasteiger partial charge in [-0.15, -0.1) is 0 Å². The van der Waals surface area contributed by atoms with Crippen LogP contribution in [-0.2, 0) is 6.42 Å². The SMILES string of the molecule is N[C@H]1C=C(c2ccc3nccn3c2)c2ccc(CC(F)F)nc21. The molecule has 1 aliphatic rings. The number of aromatic nitrogens is 3. The second kappa shape index (κ2) is 5.24. The molecule has 0 amide bonds. The van der Waals surface area contributed by atoms with Crippen molar-refractivity contribution < 1.29 is 8.78 Å². The van der Waals surface area contributed by atoms with Crippen LogP contribution in [0.25, 0.3) is 11.2 Å². The summed E-state index contributed by atoms with van der Waals surface area (Å²) in [5.74, 6) is 0. The predicted octanol–water partition coefficient (Wildman–Crippen LogP) is 2.98. The Hall–Kier alpha value is -2.60. The van der Waals surface area contributed by atoms with Gasteiger partial charge in [0.2, 0.25) is 6.43 Å². The second-order valence-corrected chi connectivity index (χ2v) is 5.55. The van der Waals surface area contributed by atoms with Gasteiger partial charge in [-0.05, 0) is 29.3 Å². The van der Waals surface area contributed by atoms with E-state index in [4.69, 9.17) is 5.73 Å². The average Bonchev–Trinajstić information content (AvgIpc) is 3.11. The first-order chi connectivity index (χ1) is 11.1. The fourth-order valence-corrected chi connectivity index (χ4v) is 2.95. The van der Waals surface area contributed by atoms with E-state index < -0.39 is 6.43 Å². The first kappa shape index (κ1) is 14.0. The lowest BCUT2D eigenvalue weighted by molar-refractivity contribution is 0.147. The number of nitrogens with zero attached hydrogens (tertiary/aromatic N) is 3. The normalized spacial score (nSPS) is 16.9. The van der Waals surface area contributed by atoms with Crippen molar-refractivity contribution in [2.24, 2.45) is 5.73 Å². The lowest BCUT2D eigenvalue weighted by Gasteiger charge is -2.09. The molecule has 0 radical (unpaired) electrons. The number of halogens is 2. The summed E-state index contributed by atoms with van der Waals surface area (Å²) in [7, 11) is 0. The maximum absolute atomic E-state index is 12.5. The molecule has 0 saturated heterocycles. The molecule has 0 aromatic carbocycles. The molecule has 0 unspecified atom stereocenters. The van der Waals surface area contributed by atoms with Crippen LogP contribution in [0.1, 0.15) is 28.6 Å². The summed E-state index contributed by atoms with van der Waals surface area (Å²) in [4.78, 5) is 8.55. The van der Waals surface area contributed by atoms with E-state index in [9.17, 15) is 8.78 Å². The summed E-state index contributed by atoms with van der Waals surface area (Å²) in [5.41, 5.74) is 10.9. The Morgan fingerprint density at radius 3 is 2.91 bits per heavy atom. The summed E-state index contributed by atoms with van der Waals surface area (Å²) in [6.45, 7) is 0. The predicted molar refractivity (Wildman–Crippen MR) is 83.1 cm³/mol. The first-order valence-electron chi connectivity index (χ1n) is 7.30.